The van der Waals surface area contributed by atoms with Crippen molar-refractivity contribution in [2.75, 3.05) is 20.2 Å². The smallest absolute Gasteiger partial charge is 0.331 e. The van der Waals surface area contributed by atoms with Gasteiger partial charge in [-0.25, -0.2) is 4.79 Å². The molecule has 0 aliphatic carbocycles. The highest BCUT2D eigenvalue weighted by Gasteiger charge is 2.10. The molecule has 1 aromatic rings. The number of hydrogen-bond acceptors (Lipinski definition) is 5. The molecule has 100 valence electrons. The van der Waals surface area contributed by atoms with Crippen molar-refractivity contribution < 1.29 is 14.3 Å². The summed E-state index contributed by atoms with van der Waals surface area (Å²) in [5, 5.41) is 12.2. The van der Waals surface area contributed by atoms with Gasteiger partial charge in [-0.1, -0.05) is 0 Å². The van der Waals surface area contributed by atoms with E-state index in [0.29, 0.717) is 6.54 Å². The van der Waals surface area contributed by atoms with Crippen LogP contribution in [0.3, 0.4) is 0 Å². The minimum absolute atomic E-state index is 0.258. The lowest BCUT2D eigenvalue weighted by molar-refractivity contribution is -0.147. The molecular weight excluding hydrogens is 264 g/mol. The molecule has 1 aromatic heterocycles. The Morgan fingerprint density at radius 1 is 1.58 bits per heavy atom. The second kappa shape index (κ2) is 8.06. The van der Waals surface area contributed by atoms with Crippen molar-refractivity contribution in [3.63, 3.8) is 0 Å². The van der Waals surface area contributed by atoms with Gasteiger partial charge in [-0.3, -0.25) is 4.79 Å². The molecule has 0 N–H and O–H groups in total. The Labute approximate surface area is 115 Å². The van der Waals surface area contributed by atoms with Gasteiger partial charge in [0.05, 0.1) is 12.5 Å². The monoisotopic (exact) mass is 278 g/mol. The normalized spacial score (nSPS) is 10.1. The van der Waals surface area contributed by atoms with Gasteiger partial charge in [-0.15, -0.1) is 0 Å². The first-order valence-electron chi connectivity index (χ1n) is 5.61. The van der Waals surface area contributed by atoms with Crippen LogP contribution in [0.2, 0.25) is 0 Å². The summed E-state index contributed by atoms with van der Waals surface area (Å²) in [6.07, 6.45) is 3.17. The van der Waals surface area contributed by atoms with Crippen LogP contribution in [-0.2, 0) is 14.3 Å². The van der Waals surface area contributed by atoms with E-state index < -0.39 is 5.97 Å². The van der Waals surface area contributed by atoms with E-state index in [9.17, 15) is 9.59 Å². The summed E-state index contributed by atoms with van der Waals surface area (Å²) in [6.45, 7) is 0.0202. The molecule has 0 spiro atoms. The largest absolute Gasteiger partial charge is 0.452 e. The number of likely N-dealkylation sites (N-methyl/N-ethyl adjacent to an activating group) is 1. The number of nitriles is 1. The standard InChI is InChI=1S/C13H14N2O3S/c1-15(7-2-6-14)12(16)9-18-13(17)4-3-11-5-8-19-10-11/h3-5,8,10H,2,7,9H2,1H3/b4-3+. The fraction of sp³-hybridized carbons (Fsp3) is 0.308. The first kappa shape index (κ1) is 14.9. The quantitative estimate of drug-likeness (QED) is 0.586. The Kier molecular flexibility index (Phi) is 6.33. The van der Waals surface area contributed by atoms with Crippen LogP contribution in [0.4, 0.5) is 0 Å². The summed E-state index contributed by atoms with van der Waals surface area (Å²) >= 11 is 1.53. The van der Waals surface area contributed by atoms with Gasteiger partial charge in [0.15, 0.2) is 6.61 Å². The van der Waals surface area contributed by atoms with Gasteiger partial charge in [-0.2, -0.15) is 16.6 Å². The van der Waals surface area contributed by atoms with E-state index in [1.807, 2.05) is 22.9 Å². The van der Waals surface area contributed by atoms with E-state index >= 15 is 0 Å². The van der Waals surface area contributed by atoms with E-state index in [1.165, 1.54) is 22.3 Å². The van der Waals surface area contributed by atoms with Crippen molar-refractivity contribution >= 4 is 29.3 Å². The summed E-state index contributed by atoms with van der Waals surface area (Å²) < 4.78 is 4.81. The number of rotatable bonds is 6. The Morgan fingerprint density at radius 2 is 2.37 bits per heavy atom. The minimum atomic E-state index is -0.562. The van der Waals surface area contributed by atoms with E-state index in [2.05, 4.69) is 0 Å². The van der Waals surface area contributed by atoms with E-state index in [1.54, 1.807) is 13.1 Å². The van der Waals surface area contributed by atoms with E-state index in [-0.39, 0.29) is 18.9 Å². The molecule has 19 heavy (non-hydrogen) atoms. The molecule has 6 heteroatoms. The molecule has 0 aliphatic heterocycles. The van der Waals surface area contributed by atoms with Crippen molar-refractivity contribution in [3.8, 4) is 6.07 Å². The molecule has 0 aromatic carbocycles. The number of esters is 1. The number of thiophene rings is 1. The average molecular weight is 278 g/mol. The Balaban J connectivity index is 2.30. The van der Waals surface area contributed by atoms with Crippen molar-refractivity contribution in [1.82, 2.24) is 4.90 Å². The highest BCUT2D eigenvalue weighted by Crippen LogP contribution is 2.07. The molecule has 1 heterocycles. The number of carbonyl (C=O) groups is 2. The first-order valence-corrected chi connectivity index (χ1v) is 6.55. The second-order valence-electron chi connectivity index (χ2n) is 3.72. The molecule has 0 fully saturated rings. The molecule has 5 nitrogen and oxygen atoms in total. The van der Waals surface area contributed by atoms with Gasteiger partial charge in [0, 0.05) is 19.7 Å². The molecule has 1 amide bonds. The third-order valence-corrected chi connectivity index (χ3v) is 2.98. The SMILES string of the molecule is CN(CCC#N)C(=O)COC(=O)/C=C/c1ccsc1. The maximum atomic E-state index is 11.5. The number of amides is 1. The van der Waals surface area contributed by atoms with Gasteiger partial charge in [0.25, 0.3) is 5.91 Å². The van der Waals surface area contributed by atoms with E-state index in [0.717, 1.165) is 5.56 Å². The fourth-order valence-electron chi connectivity index (χ4n) is 1.17. The zero-order chi connectivity index (χ0) is 14.1. The average Bonchev–Trinajstić information content (AvgIpc) is 2.92. The van der Waals surface area contributed by atoms with Crippen LogP contribution in [0.15, 0.2) is 22.9 Å². The van der Waals surface area contributed by atoms with Crippen LogP contribution in [0, 0.1) is 11.3 Å². The highest BCUT2D eigenvalue weighted by molar-refractivity contribution is 7.08. The van der Waals surface area contributed by atoms with Crippen LogP contribution in [0.25, 0.3) is 6.08 Å². The zero-order valence-electron chi connectivity index (χ0n) is 10.5. The fourth-order valence-corrected chi connectivity index (χ4v) is 1.80. The predicted molar refractivity (Wildman–Crippen MR) is 72.2 cm³/mol. The predicted octanol–water partition coefficient (Wildman–Crippen LogP) is 1.68. The van der Waals surface area contributed by atoms with Gasteiger partial charge >= 0.3 is 5.97 Å². The second-order valence-corrected chi connectivity index (χ2v) is 4.50. The van der Waals surface area contributed by atoms with Crippen molar-refractivity contribution in [2.45, 2.75) is 6.42 Å². The summed E-state index contributed by atoms with van der Waals surface area (Å²) in [5.74, 6) is -0.888. The number of hydrogen-bond donors (Lipinski definition) is 0. The molecule has 0 bridgehead atoms. The maximum absolute atomic E-state index is 11.5. The van der Waals surface area contributed by atoms with Crippen molar-refractivity contribution in [2.24, 2.45) is 0 Å². The molecular formula is C13H14N2O3S. The van der Waals surface area contributed by atoms with Crippen molar-refractivity contribution in [3.05, 3.63) is 28.5 Å². The van der Waals surface area contributed by atoms with Gasteiger partial charge in [-0.05, 0) is 28.5 Å². The molecule has 0 atom stereocenters. The lowest BCUT2D eigenvalue weighted by Gasteiger charge is -2.14. The van der Waals surface area contributed by atoms with Gasteiger partial charge in [0.1, 0.15) is 0 Å². The number of nitrogens with zero attached hydrogens (tertiary/aromatic N) is 2. The zero-order valence-corrected chi connectivity index (χ0v) is 11.4. The maximum Gasteiger partial charge on any atom is 0.331 e. The lowest BCUT2D eigenvalue weighted by atomic mass is 10.3. The van der Waals surface area contributed by atoms with Crippen LogP contribution in [0.5, 0.6) is 0 Å². The lowest BCUT2D eigenvalue weighted by Crippen LogP contribution is -2.31. The van der Waals surface area contributed by atoms with Crippen molar-refractivity contribution in [1.29, 1.82) is 5.26 Å². The third kappa shape index (κ3) is 5.84. The molecule has 0 saturated heterocycles. The highest BCUT2D eigenvalue weighted by atomic mass is 32.1. The van der Waals surface area contributed by atoms with Crippen LogP contribution in [0.1, 0.15) is 12.0 Å². The molecule has 0 aliphatic rings. The molecule has 1 rings (SSSR count). The summed E-state index contributed by atoms with van der Waals surface area (Å²) in [6, 6.07) is 3.81. The topological polar surface area (TPSA) is 70.4 Å². The summed E-state index contributed by atoms with van der Waals surface area (Å²) in [4.78, 5) is 24.2. The van der Waals surface area contributed by atoms with Crippen LogP contribution >= 0.6 is 11.3 Å². The number of carbonyl (C=O) groups excluding carboxylic acids is 2. The van der Waals surface area contributed by atoms with E-state index in [4.69, 9.17) is 10.00 Å². The summed E-state index contributed by atoms with van der Waals surface area (Å²) in [5.41, 5.74) is 0.916. The third-order valence-electron chi connectivity index (χ3n) is 2.28. The van der Waals surface area contributed by atoms with Gasteiger partial charge < -0.3 is 9.64 Å². The van der Waals surface area contributed by atoms with Crippen LogP contribution in [-0.4, -0.2) is 37.0 Å². The summed E-state index contributed by atoms with van der Waals surface area (Å²) in [7, 11) is 1.56. The molecule has 0 unspecified atom stereocenters. The minimum Gasteiger partial charge on any atom is -0.452 e. The van der Waals surface area contributed by atoms with Gasteiger partial charge in [0.2, 0.25) is 0 Å². The first-order chi connectivity index (χ1) is 9.13. The number of ether oxygens (including phenoxy) is 1. The molecule has 0 radical (unpaired) electrons. The van der Waals surface area contributed by atoms with Crippen LogP contribution < -0.4 is 0 Å². The Bertz CT molecular complexity index is 488. The molecule has 0 saturated carbocycles. The Hall–Kier alpha value is -2.13. The Morgan fingerprint density at radius 3 is 3.00 bits per heavy atom.